The molecule has 2 saturated heterocycles. The Bertz CT molecular complexity index is 761. The SMILES string of the molecule is CCCCc1cc([C@@H]2CC23NC(=O)[C@@H]2CCCN2C3=O)cc(CCCC)c1O. The maximum absolute atomic E-state index is 13.2. The summed E-state index contributed by atoms with van der Waals surface area (Å²) in [6.45, 7) is 5.00. The summed E-state index contributed by atoms with van der Waals surface area (Å²) in [4.78, 5) is 27.5. The molecule has 1 unspecified atom stereocenters. The number of carbonyl (C=O) groups is 2. The van der Waals surface area contributed by atoms with Crippen molar-refractivity contribution in [3.8, 4) is 5.75 Å². The highest BCUT2D eigenvalue weighted by Gasteiger charge is 2.66. The fraction of sp³-hybridized carbons (Fsp3) is 0.652. The molecule has 0 radical (unpaired) electrons. The Morgan fingerprint density at radius 3 is 2.39 bits per heavy atom. The van der Waals surface area contributed by atoms with E-state index < -0.39 is 5.54 Å². The quantitative estimate of drug-likeness (QED) is 0.757. The van der Waals surface area contributed by atoms with Crippen molar-refractivity contribution in [2.24, 2.45) is 0 Å². The first-order valence-corrected chi connectivity index (χ1v) is 11.0. The molecule has 2 aliphatic heterocycles. The molecule has 1 aromatic carbocycles. The van der Waals surface area contributed by atoms with Crippen molar-refractivity contribution in [1.29, 1.82) is 0 Å². The van der Waals surface area contributed by atoms with Gasteiger partial charge in [0, 0.05) is 12.5 Å². The molecule has 1 spiro atoms. The van der Waals surface area contributed by atoms with E-state index >= 15 is 0 Å². The minimum absolute atomic E-state index is 0.00999. The largest absolute Gasteiger partial charge is 0.507 e. The Labute approximate surface area is 167 Å². The maximum atomic E-state index is 13.2. The van der Waals surface area contributed by atoms with Gasteiger partial charge in [0.15, 0.2) is 0 Å². The molecule has 2 N–H and O–H groups in total. The lowest BCUT2D eigenvalue weighted by atomic mass is 9.93. The number of carbonyl (C=O) groups excluding carboxylic acids is 2. The molecule has 5 heteroatoms. The average molecular weight is 385 g/mol. The van der Waals surface area contributed by atoms with Crippen LogP contribution in [0.1, 0.15) is 81.4 Å². The number of benzene rings is 1. The highest BCUT2D eigenvalue weighted by molar-refractivity contribution is 6.03. The van der Waals surface area contributed by atoms with Gasteiger partial charge in [0.05, 0.1) is 0 Å². The molecular weight excluding hydrogens is 352 g/mol. The number of aryl methyl sites for hydroxylation is 2. The van der Waals surface area contributed by atoms with Crippen molar-refractivity contribution < 1.29 is 14.7 Å². The molecule has 1 saturated carbocycles. The number of piperazine rings is 1. The summed E-state index contributed by atoms with van der Waals surface area (Å²) in [5.41, 5.74) is 2.32. The number of unbranched alkanes of at least 4 members (excludes halogenated alkanes) is 2. The van der Waals surface area contributed by atoms with Crippen molar-refractivity contribution in [1.82, 2.24) is 10.2 Å². The van der Waals surface area contributed by atoms with Crippen molar-refractivity contribution in [2.75, 3.05) is 6.54 Å². The molecular formula is C23H32N2O3. The van der Waals surface area contributed by atoms with Crippen LogP contribution in [0.25, 0.3) is 0 Å². The molecule has 4 rings (SSSR count). The van der Waals surface area contributed by atoms with E-state index in [1.165, 1.54) is 0 Å². The molecule has 0 aromatic heterocycles. The third-order valence-corrected chi connectivity index (χ3v) is 6.80. The molecule has 0 bridgehead atoms. The lowest BCUT2D eigenvalue weighted by molar-refractivity contribution is -0.148. The van der Waals surface area contributed by atoms with Gasteiger partial charge < -0.3 is 15.3 Å². The zero-order chi connectivity index (χ0) is 19.9. The van der Waals surface area contributed by atoms with E-state index in [9.17, 15) is 14.7 Å². The maximum Gasteiger partial charge on any atom is 0.249 e. The third-order valence-electron chi connectivity index (χ3n) is 6.80. The molecule has 2 amide bonds. The van der Waals surface area contributed by atoms with Crippen molar-refractivity contribution >= 4 is 11.8 Å². The third kappa shape index (κ3) is 3.09. The lowest BCUT2D eigenvalue weighted by Gasteiger charge is -2.35. The first-order chi connectivity index (χ1) is 13.5. The van der Waals surface area contributed by atoms with Gasteiger partial charge in [-0.25, -0.2) is 0 Å². The number of fused-ring (bicyclic) bond motifs is 1. The van der Waals surface area contributed by atoms with Gasteiger partial charge in [0.25, 0.3) is 0 Å². The number of nitrogens with zero attached hydrogens (tertiary/aromatic N) is 1. The second-order valence-electron chi connectivity index (χ2n) is 8.77. The van der Waals surface area contributed by atoms with Crippen LogP contribution in [0, 0.1) is 0 Å². The highest BCUT2D eigenvalue weighted by atomic mass is 16.3. The van der Waals surface area contributed by atoms with Crippen LogP contribution in [0.3, 0.4) is 0 Å². The minimum atomic E-state index is -0.751. The Morgan fingerprint density at radius 2 is 1.79 bits per heavy atom. The Hall–Kier alpha value is -2.04. The fourth-order valence-corrected chi connectivity index (χ4v) is 5.04. The molecule has 152 valence electrons. The number of amides is 2. The number of rotatable bonds is 7. The molecule has 3 fully saturated rings. The average Bonchev–Trinajstić information content (AvgIpc) is 3.17. The summed E-state index contributed by atoms with van der Waals surface area (Å²) in [5.74, 6) is 0.555. The monoisotopic (exact) mass is 384 g/mol. The van der Waals surface area contributed by atoms with Gasteiger partial charge in [-0.3, -0.25) is 9.59 Å². The molecule has 28 heavy (non-hydrogen) atoms. The fourth-order valence-electron chi connectivity index (χ4n) is 5.04. The molecule has 1 aromatic rings. The summed E-state index contributed by atoms with van der Waals surface area (Å²) >= 11 is 0. The predicted molar refractivity (Wildman–Crippen MR) is 108 cm³/mol. The second kappa shape index (κ2) is 7.41. The standard InChI is InChI=1S/C23H32N2O3/c1-3-5-8-15-12-17(13-16(20(15)26)9-6-4-2)18-14-23(18)22(28)25-11-7-10-19(25)21(27)24-23/h12-13,18-19,26H,3-11,14H2,1-2H3,(H,24,27)/t18-,19-,23?/m0/s1. The van der Waals surface area contributed by atoms with E-state index in [-0.39, 0.29) is 23.8 Å². The van der Waals surface area contributed by atoms with E-state index in [4.69, 9.17) is 0 Å². The molecule has 1 aliphatic carbocycles. The summed E-state index contributed by atoms with van der Waals surface area (Å²) in [5, 5.41) is 13.8. The van der Waals surface area contributed by atoms with E-state index in [2.05, 4.69) is 31.3 Å². The van der Waals surface area contributed by atoms with Gasteiger partial charge in [0.2, 0.25) is 11.8 Å². The number of nitrogens with one attached hydrogen (secondary N) is 1. The van der Waals surface area contributed by atoms with Crippen molar-refractivity contribution in [3.05, 3.63) is 28.8 Å². The van der Waals surface area contributed by atoms with Crippen LogP contribution < -0.4 is 5.32 Å². The smallest absolute Gasteiger partial charge is 0.249 e. The number of hydrogen-bond donors (Lipinski definition) is 2. The lowest BCUT2D eigenvalue weighted by Crippen LogP contribution is -2.63. The first-order valence-electron chi connectivity index (χ1n) is 11.0. The topological polar surface area (TPSA) is 69.6 Å². The van der Waals surface area contributed by atoms with E-state index in [0.29, 0.717) is 18.7 Å². The van der Waals surface area contributed by atoms with Crippen LogP contribution in [0.2, 0.25) is 0 Å². The van der Waals surface area contributed by atoms with Crippen LogP contribution in [0.5, 0.6) is 5.75 Å². The Balaban J connectivity index is 1.64. The molecule has 3 aliphatic rings. The van der Waals surface area contributed by atoms with Crippen molar-refractivity contribution in [3.63, 3.8) is 0 Å². The number of phenols is 1. The van der Waals surface area contributed by atoms with E-state index in [1.54, 1.807) is 4.90 Å². The highest BCUT2D eigenvalue weighted by Crippen LogP contribution is 2.55. The molecule has 5 nitrogen and oxygen atoms in total. The normalized spacial score (nSPS) is 28.6. The van der Waals surface area contributed by atoms with Gasteiger partial charge in [-0.1, -0.05) is 38.8 Å². The Kier molecular flexibility index (Phi) is 5.11. The van der Waals surface area contributed by atoms with Crippen LogP contribution in [0.15, 0.2) is 12.1 Å². The van der Waals surface area contributed by atoms with Gasteiger partial charge in [-0.15, -0.1) is 0 Å². The van der Waals surface area contributed by atoms with E-state index in [0.717, 1.165) is 68.1 Å². The van der Waals surface area contributed by atoms with Crippen LogP contribution in [0.4, 0.5) is 0 Å². The summed E-state index contributed by atoms with van der Waals surface area (Å²) < 4.78 is 0. The van der Waals surface area contributed by atoms with Gasteiger partial charge >= 0.3 is 0 Å². The first kappa shape index (κ1) is 19.3. The Morgan fingerprint density at radius 1 is 1.14 bits per heavy atom. The predicted octanol–water partition coefficient (Wildman–Crippen LogP) is 3.42. The summed E-state index contributed by atoms with van der Waals surface area (Å²) in [6, 6.07) is 3.89. The van der Waals surface area contributed by atoms with Crippen LogP contribution in [-0.2, 0) is 22.4 Å². The number of hydrogen-bond acceptors (Lipinski definition) is 3. The summed E-state index contributed by atoms with van der Waals surface area (Å²) in [6.07, 6.45) is 8.28. The molecule has 3 atom stereocenters. The van der Waals surface area contributed by atoms with Crippen molar-refractivity contribution in [2.45, 2.75) is 89.1 Å². The summed E-state index contributed by atoms with van der Waals surface area (Å²) in [7, 11) is 0. The van der Waals surface area contributed by atoms with Crippen LogP contribution >= 0.6 is 0 Å². The van der Waals surface area contributed by atoms with Crippen LogP contribution in [-0.4, -0.2) is 39.9 Å². The van der Waals surface area contributed by atoms with Gasteiger partial charge in [-0.05, 0) is 61.6 Å². The number of phenolic OH excluding ortho intramolecular Hbond substituents is 1. The van der Waals surface area contributed by atoms with Gasteiger partial charge in [-0.2, -0.15) is 0 Å². The van der Waals surface area contributed by atoms with E-state index in [1.807, 2.05) is 0 Å². The number of aromatic hydroxyl groups is 1. The zero-order valence-corrected chi connectivity index (χ0v) is 17.1. The molecule has 2 heterocycles. The van der Waals surface area contributed by atoms with Gasteiger partial charge in [0.1, 0.15) is 17.3 Å². The minimum Gasteiger partial charge on any atom is -0.507 e. The second-order valence-corrected chi connectivity index (χ2v) is 8.77. The zero-order valence-electron chi connectivity index (χ0n) is 17.1.